The van der Waals surface area contributed by atoms with Gasteiger partial charge in [-0.3, -0.25) is 4.79 Å². The molecule has 2 aliphatic rings. The number of hydrogen-bond acceptors (Lipinski definition) is 5. The van der Waals surface area contributed by atoms with Crippen LogP contribution < -0.4 is 9.47 Å². The molecule has 6 heteroatoms. The van der Waals surface area contributed by atoms with Crippen molar-refractivity contribution in [2.24, 2.45) is 4.99 Å². The number of amides is 1. The van der Waals surface area contributed by atoms with Gasteiger partial charge in [-0.15, -0.1) is 0 Å². The van der Waals surface area contributed by atoms with Crippen molar-refractivity contribution in [3.8, 4) is 17.2 Å². The van der Waals surface area contributed by atoms with E-state index in [1.54, 1.807) is 7.11 Å². The molecule has 6 nitrogen and oxygen atoms in total. The van der Waals surface area contributed by atoms with E-state index in [-0.39, 0.29) is 11.9 Å². The standard InChI is InChI=1S/C28H29N3O3/c1-19-8-13-25-23(16-19)28(29-24-6-4-5-7-26(24)34-25)30-14-15-31(20(2)18-30)27(32)17-21-9-11-22(33-3)12-10-21/h4-13,16,20H,14-15,17-18H2,1-3H3/t20-/m1/s1. The summed E-state index contributed by atoms with van der Waals surface area (Å²) in [6, 6.07) is 21.8. The van der Waals surface area contributed by atoms with E-state index in [0.717, 1.165) is 45.5 Å². The van der Waals surface area contributed by atoms with E-state index < -0.39 is 0 Å². The fourth-order valence-corrected chi connectivity index (χ4v) is 4.62. The third-order valence-electron chi connectivity index (χ3n) is 6.45. The summed E-state index contributed by atoms with van der Waals surface area (Å²) in [7, 11) is 1.64. The van der Waals surface area contributed by atoms with Gasteiger partial charge in [-0.25, -0.2) is 4.99 Å². The molecule has 0 unspecified atom stereocenters. The predicted octanol–water partition coefficient (Wildman–Crippen LogP) is 4.96. The first-order chi connectivity index (χ1) is 16.5. The molecule has 34 heavy (non-hydrogen) atoms. The number of carbonyl (C=O) groups excluding carboxylic acids is 1. The highest BCUT2D eigenvalue weighted by Crippen LogP contribution is 2.38. The second kappa shape index (κ2) is 9.21. The van der Waals surface area contributed by atoms with Crippen LogP contribution in [0, 0.1) is 6.92 Å². The Morgan fingerprint density at radius 2 is 1.85 bits per heavy atom. The van der Waals surface area contributed by atoms with Gasteiger partial charge in [0.05, 0.1) is 19.1 Å². The van der Waals surface area contributed by atoms with Crippen molar-refractivity contribution in [2.75, 3.05) is 26.7 Å². The molecule has 0 spiro atoms. The molecule has 1 fully saturated rings. The molecule has 2 aliphatic heterocycles. The summed E-state index contributed by atoms with van der Waals surface area (Å²) in [5, 5.41) is 0. The Hall–Kier alpha value is -3.80. The largest absolute Gasteiger partial charge is 0.497 e. The molecule has 1 saturated heterocycles. The van der Waals surface area contributed by atoms with E-state index in [1.807, 2.05) is 59.5 Å². The second-order valence-corrected chi connectivity index (χ2v) is 8.91. The van der Waals surface area contributed by atoms with Crippen molar-refractivity contribution in [2.45, 2.75) is 26.3 Å². The zero-order chi connectivity index (χ0) is 23.7. The Balaban J connectivity index is 1.37. The number of carbonyl (C=O) groups is 1. The van der Waals surface area contributed by atoms with E-state index in [9.17, 15) is 4.79 Å². The Labute approximate surface area is 200 Å². The smallest absolute Gasteiger partial charge is 0.227 e. The third kappa shape index (κ3) is 4.36. The van der Waals surface area contributed by atoms with Crippen LogP contribution in [-0.2, 0) is 11.2 Å². The fraction of sp³-hybridized carbons (Fsp3) is 0.286. The average Bonchev–Trinajstić information content (AvgIpc) is 3.01. The predicted molar refractivity (Wildman–Crippen MR) is 133 cm³/mol. The van der Waals surface area contributed by atoms with Crippen LogP contribution >= 0.6 is 0 Å². The Kier molecular flexibility index (Phi) is 5.97. The number of nitrogens with zero attached hydrogens (tertiary/aromatic N) is 3. The molecule has 0 saturated carbocycles. The van der Waals surface area contributed by atoms with Crippen LogP contribution in [0.25, 0.3) is 0 Å². The van der Waals surface area contributed by atoms with E-state index in [0.29, 0.717) is 26.1 Å². The maximum absolute atomic E-state index is 13.1. The summed E-state index contributed by atoms with van der Waals surface area (Å²) in [4.78, 5) is 22.4. The lowest BCUT2D eigenvalue weighted by Crippen LogP contribution is -2.55. The van der Waals surface area contributed by atoms with Gasteiger partial charge in [0.25, 0.3) is 0 Å². The molecule has 0 aromatic heterocycles. The zero-order valence-corrected chi connectivity index (χ0v) is 19.8. The number of ether oxygens (including phenoxy) is 2. The number of fused-ring (bicyclic) bond motifs is 2. The first-order valence-electron chi connectivity index (χ1n) is 11.7. The van der Waals surface area contributed by atoms with Crippen LogP contribution in [0.5, 0.6) is 17.2 Å². The van der Waals surface area contributed by atoms with Gasteiger partial charge in [-0.1, -0.05) is 35.9 Å². The van der Waals surface area contributed by atoms with Crippen molar-refractivity contribution in [1.82, 2.24) is 9.80 Å². The van der Waals surface area contributed by atoms with Gasteiger partial charge in [-0.05, 0) is 55.8 Å². The summed E-state index contributed by atoms with van der Waals surface area (Å²) >= 11 is 0. The molecule has 1 amide bonds. The molecule has 0 N–H and O–H groups in total. The molecule has 5 rings (SSSR count). The lowest BCUT2D eigenvalue weighted by atomic mass is 10.1. The first-order valence-corrected chi connectivity index (χ1v) is 11.7. The molecule has 0 radical (unpaired) electrons. The minimum absolute atomic E-state index is 0.0647. The summed E-state index contributed by atoms with van der Waals surface area (Å²) in [5.41, 5.74) is 3.95. The van der Waals surface area contributed by atoms with Gasteiger partial charge in [0.1, 0.15) is 23.0 Å². The number of piperazine rings is 1. The molecule has 3 aromatic carbocycles. The minimum Gasteiger partial charge on any atom is -0.497 e. The molecule has 2 heterocycles. The number of aliphatic imine (C=N–C) groups is 1. The molecule has 0 aliphatic carbocycles. The van der Waals surface area contributed by atoms with E-state index in [1.165, 1.54) is 0 Å². The number of hydrogen-bond donors (Lipinski definition) is 0. The van der Waals surface area contributed by atoms with Crippen molar-refractivity contribution >= 4 is 17.4 Å². The van der Waals surface area contributed by atoms with Crippen molar-refractivity contribution in [3.05, 3.63) is 83.4 Å². The first kappa shape index (κ1) is 22.0. The highest BCUT2D eigenvalue weighted by atomic mass is 16.5. The number of para-hydroxylation sites is 2. The number of methoxy groups -OCH3 is 1. The van der Waals surface area contributed by atoms with Crippen LogP contribution in [0.2, 0.25) is 0 Å². The number of rotatable bonds is 3. The molecule has 3 aromatic rings. The maximum atomic E-state index is 13.1. The topological polar surface area (TPSA) is 54.4 Å². The van der Waals surface area contributed by atoms with Gasteiger partial charge >= 0.3 is 0 Å². The normalized spacial score (nSPS) is 17.1. The van der Waals surface area contributed by atoms with Gasteiger partial charge < -0.3 is 19.3 Å². The highest BCUT2D eigenvalue weighted by Gasteiger charge is 2.31. The lowest BCUT2D eigenvalue weighted by molar-refractivity contribution is -0.134. The van der Waals surface area contributed by atoms with Crippen LogP contribution in [-0.4, -0.2) is 54.3 Å². The monoisotopic (exact) mass is 455 g/mol. The zero-order valence-electron chi connectivity index (χ0n) is 19.8. The molecular weight excluding hydrogens is 426 g/mol. The average molecular weight is 456 g/mol. The lowest BCUT2D eigenvalue weighted by Gasteiger charge is -2.41. The summed E-state index contributed by atoms with van der Waals surface area (Å²) < 4.78 is 11.5. The van der Waals surface area contributed by atoms with E-state index >= 15 is 0 Å². The van der Waals surface area contributed by atoms with Crippen LogP contribution in [0.3, 0.4) is 0 Å². The van der Waals surface area contributed by atoms with Crippen molar-refractivity contribution < 1.29 is 14.3 Å². The van der Waals surface area contributed by atoms with Crippen molar-refractivity contribution in [1.29, 1.82) is 0 Å². The number of benzene rings is 3. The summed E-state index contributed by atoms with van der Waals surface area (Å²) in [5.74, 6) is 3.40. The number of aryl methyl sites for hydroxylation is 1. The number of amidine groups is 1. The van der Waals surface area contributed by atoms with Crippen LogP contribution in [0.1, 0.15) is 23.6 Å². The Morgan fingerprint density at radius 3 is 2.62 bits per heavy atom. The van der Waals surface area contributed by atoms with Crippen LogP contribution in [0.15, 0.2) is 71.7 Å². The van der Waals surface area contributed by atoms with E-state index in [4.69, 9.17) is 14.5 Å². The van der Waals surface area contributed by atoms with Crippen molar-refractivity contribution in [3.63, 3.8) is 0 Å². The molecular formula is C28H29N3O3. The second-order valence-electron chi connectivity index (χ2n) is 8.91. The van der Waals surface area contributed by atoms with E-state index in [2.05, 4.69) is 30.9 Å². The van der Waals surface area contributed by atoms with Gasteiger partial charge in [0, 0.05) is 25.7 Å². The Morgan fingerprint density at radius 1 is 1.06 bits per heavy atom. The van der Waals surface area contributed by atoms with Crippen LogP contribution in [0.4, 0.5) is 5.69 Å². The Bertz CT molecular complexity index is 1240. The molecule has 174 valence electrons. The SMILES string of the molecule is COc1ccc(CC(=O)N2CCN(C3=Nc4ccccc4Oc4ccc(C)cc43)C[C@H]2C)cc1. The van der Waals surface area contributed by atoms with Gasteiger partial charge in [0.15, 0.2) is 5.75 Å². The third-order valence-corrected chi connectivity index (χ3v) is 6.45. The minimum atomic E-state index is 0.0647. The summed E-state index contributed by atoms with van der Waals surface area (Å²) in [6.07, 6.45) is 0.387. The van der Waals surface area contributed by atoms with Gasteiger partial charge in [-0.2, -0.15) is 0 Å². The van der Waals surface area contributed by atoms with Gasteiger partial charge in [0.2, 0.25) is 5.91 Å². The summed E-state index contributed by atoms with van der Waals surface area (Å²) in [6.45, 7) is 6.26. The quantitative estimate of drug-likeness (QED) is 0.560. The molecule has 0 bridgehead atoms. The maximum Gasteiger partial charge on any atom is 0.227 e. The molecule has 1 atom stereocenters. The highest BCUT2D eigenvalue weighted by molar-refractivity contribution is 6.04. The fourth-order valence-electron chi connectivity index (χ4n) is 4.62.